The number of amides is 1. The SMILES string of the molecule is CCOC(=O)c1nc(-c2ccc(C[C@@H](CCO)NC(=O)OC(C)(C)C)cc2)cn1C. The summed E-state index contributed by atoms with van der Waals surface area (Å²) >= 11 is 0. The number of nitrogens with one attached hydrogen (secondary N) is 1. The van der Waals surface area contributed by atoms with Crippen molar-refractivity contribution in [2.45, 2.75) is 52.2 Å². The van der Waals surface area contributed by atoms with Crippen LogP contribution in [0.2, 0.25) is 0 Å². The first-order valence-electron chi connectivity index (χ1n) is 10.0. The fraction of sp³-hybridized carbons (Fsp3) is 0.500. The van der Waals surface area contributed by atoms with Crippen LogP contribution >= 0.6 is 0 Å². The van der Waals surface area contributed by atoms with E-state index in [1.807, 2.05) is 24.3 Å². The Hall–Kier alpha value is -2.87. The van der Waals surface area contributed by atoms with Crippen molar-refractivity contribution >= 4 is 12.1 Å². The second-order valence-corrected chi connectivity index (χ2v) is 8.04. The number of alkyl carbamates (subject to hydrolysis) is 1. The van der Waals surface area contributed by atoms with Crippen LogP contribution < -0.4 is 5.32 Å². The highest BCUT2D eigenvalue weighted by atomic mass is 16.6. The van der Waals surface area contributed by atoms with Gasteiger partial charge in [0.05, 0.1) is 12.3 Å². The summed E-state index contributed by atoms with van der Waals surface area (Å²) in [6.07, 6.45) is 2.25. The maximum absolute atomic E-state index is 12.0. The molecule has 8 heteroatoms. The first-order chi connectivity index (χ1) is 14.1. The molecule has 0 fully saturated rings. The molecule has 0 saturated heterocycles. The maximum atomic E-state index is 12.0. The van der Waals surface area contributed by atoms with Crippen LogP contribution in [0.15, 0.2) is 30.5 Å². The smallest absolute Gasteiger partial charge is 0.407 e. The molecule has 1 heterocycles. The fourth-order valence-electron chi connectivity index (χ4n) is 2.94. The van der Waals surface area contributed by atoms with Crippen LogP contribution in [0.1, 0.15) is 50.3 Å². The quantitative estimate of drug-likeness (QED) is 0.640. The summed E-state index contributed by atoms with van der Waals surface area (Å²) in [5.74, 6) is -0.205. The van der Waals surface area contributed by atoms with Crippen LogP contribution in [0.5, 0.6) is 0 Å². The molecular weight excluding hydrogens is 386 g/mol. The molecule has 0 aliphatic carbocycles. The van der Waals surface area contributed by atoms with Crippen LogP contribution in [0.4, 0.5) is 4.79 Å². The van der Waals surface area contributed by atoms with Crippen molar-refractivity contribution in [2.75, 3.05) is 13.2 Å². The van der Waals surface area contributed by atoms with Crippen LogP contribution in [-0.2, 0) is 22.9 Å². The van der Waals surface area contributed by atoms with Crippen molar-refractivity contribution in [1.29, 1.82) is 0 Å². The van der Waals surface area contributed by atoms with Crippen LogP contribution in [-0.4, -0.2) is 51.6 Å². The van der Waals surface area contributed by atoms with Crippen molar-refractivity contribution in [2.24, 2.45) is 7.05 Å². The average Bonchev–Trinajstić information content (AvgIpc) is 3.03. The number of aryl methyl sites for hydroxylation is 1. The summed E-state index contributed by atoms with van der Waals surface area (Å²) in [6, 6.07) is 7.46. The molecule has 0 radical (unpaired) electrons. The Kier molecular flexibility index (Phi) is 8.00. The molecule has 0 spiro atoms. The lowest BCUT2D eigenvalue weighted by Gasteiger charge is -2.23. The third-order valence-electron chi connectivity index (χ3n) is 4.26. The lowest BCUT2D eigenvalue weighted by Crippen LogP contribution is -2.40. The predicted molar refractivity (Wildman–Crippen MR) is 113 cm³/mol. The molecule has 30 heavy (non-hydrogen) atoms. The predicted octanol–water partition coefficient (Wildman–Crippen LogP) is 3.08. The number of aliphatic hydroxyl groups excluding tert-OH is 1. The van der Waals surface area contributed by atoms with Gasteiger partial charge in [0.2, 0.25) is 5.82 Å². The summed E-state index contributed by atoms with van der Waals surface area (Å²) in [4.78, 5) is 28.4. The number of hydrogen-bond donors (Lipinski definition) is 2. The zero-order valence-electron chi connectivity index (χ0n) is 18.3. The Bertz CT molecular complexity index is 853. The second-order valence-electron chi connectivity index (χ2n) is 8.04. The Morgan fingerprint density at radius 3 is 2.47 bits per heavy atom. The Morgan fingerprint density at radius 1 is 1.23 bits per heavy atom. The van der Waals surface area contributed by atoms with Gasteiger partial charge in [0, 0.05) is 31.5 Å². The van der Waals surface area contributed by atoms with Crippen LogP contribution in [0, 0.1) is 0 Å². The fourth-order valence-corrected chi connectivity index (χ4v) is 2.94. The molecule has 0 saturated carbocycles. The molecule has 2 rings (SSSR count). The minimum absolute atomic E-state index is 0.0386. The lowest BCUT2D eigenvalue weighted by molar-refractivity contribution is 0.0490. The van der Waals surface area contributed by atoms with Gasteiger partial charge in [-0.05, 0) is 46.1 Å². The number of esters is 1. The van der Waals surface area contributed by atoms with Crippen molar-refractivity contribution in [3.8, 4) is 11.3 Å². The molecular formula is C22H31N3O5. The number of ether oxygens (including phenoxy) is 2. The van der Waals surface area contributed by atoms with Crippen molar-refractivity contribution in [3.05, 3.63) is 41.9 Å². The van der Waals surface area contributed by atoms with Gasteiger partial charge in [-0.2, -0.15) is 0 Å². The number of aromatic nitrogens is 2. The van der Waals surface area contributed by atoms with Gasteiger partial charge in [0.1, 0.15) is 5.60 Å². The Morgan fingerprint density at radius 2 is 1.90 bits per heavy atom. The van der Waals surface area contributed by atoms with E-state index in [-0.39, 0.29) is 18.5 Å². The van der Waals surface area contributed by atoms with Gasteiger partial charge in [0.15, 0.2) is 0 Å². The summed E-state index contributed by atoms with van der Waals surface area (Å²) in [5.41, 5.74) is 1.95. The van der Waals surface area contributed by atoms with E-state index in [4.69, 9.17) is 9.47 Å². The van der Waals surface area contributed by atoms with Gasteiger partial charge in [-0.1, -0.05) is 24.3 Å². The van der Waals surface area contributed by atoms with Crippen molar-refractivity contribution in [3.63, 3.8) is 0 Å². The first-order valence-corrected chi connectivity index (χ1v) is 10.0. The van der Waals surface area contributed by atoms with E-state index in [0.29, 0.717) is 25.1 Å². The van der Waals surface area contributed by atoms with Crippen molar-refractivity contribution in [1.82, 2.24) is 14.9 Å². The molecule has 1 amide bonds. The molecule has 1 aromatic carbocycles. The molecule has 0 bridgehead atoms. The highest BCUT2D eigenvalue weighted by Gasteiger charge is 2.20. The molecule has 164 valence electrons. The molecule has 0 aliphatic rings. The van der Waals surface area contributed by atoms with Crippen LogP contribution in [0.3, 0.4) is 0 Å². The van der Waals surface area contributed by atoms with Crippen LogP contribution in [0.25, 0.3) is 11.3 Å². The van der Waals surface area contributed by atoms with Gasteiger partial charge in [0.25, 0.3) is 0 Å². The van der Waals surface area contributed by atoms with E-state index in [1.165, 1.54) is 0 Å². The molecule has 8 nitrogen and oxygen atoms in total. The summed E-state index contributed by atoms with van der Waals surface area (Å²) < 4.78 is 12.0. The number of imidazole rings is 1. The zero-order chi connectivity index (χ0) is 22.3. The topological polar surface area (TPSA) is 103 Å². The second kappa shape index (κ2) is 10.2. The normalized spacial score (nSPS) is 12.3. The minimum atomic E-state index is -0.583. The highest BCUT2D eigenvalue weighted by Crippen LogP contribution is 2.20. The highest BCUT2D eigenvalue weighted by molar-refractivity contribution is 5.86. The Balaban J connectivity index is 2.08. The molecule has 1 aromatic heterocycles. The van der Waals surface area contributed by atoms with E-state index in [9.17, 15) is 14.7 Å². The maximum Gasteiger partial charge on any atom is 0.407 e. The largest absolute Gasteiger partial charge is 0.460 e. The Labute approximate surface area is 177 Å². The third-order valence-corrected chi connectivity index (χ3v) is 4.26. The summed E-state index contributed by atoms with van der Waals surface area (Å²) in [5, 5.41) is 12.1. The van der Waals surface area contributed by atoms with Gasteiger partial charge in [-0.15, -0.1) is 0 Å². The molecule has 0 aliphatic heterocycles. The van der Waals surface area contributed by atoms with Gasteiger partial charge in [-0.3, -0.25) is 0 Å². The molecule has 2 N–H and O–H groups in total. The molecule has 1 atom stereocenters. The number of rotatable bonds is 8. The number of carbonyl (C=O) groups is 2. The van der Waals surface area contributed by atoms with Gasteiger partial charge in [-0.25, -0.2) is 14.6 Å². The van der Waals surface area contributed by atoms with Crippen molar-refractivity contribution < 1.29 is 24.2 Å². The monoisotopic (exact) mass is 417 g/mol. The standard InChI is InChI=1S/C22H31N3O5/c1-6-29-20(27)19-24-18(14-25(19)5)16-9-7-15(8-10-16)13-17(11-12-26)23-21(28)30-22(2,3)4/h7-10,14,17,26H,6,11-13H2,1-5H3,(H,23,28)/t17-/m1/s1. The van der Waals surface area contributed by atoms with E-state index in [2.05, 4.69) is 10.3 Å². The van der Waals surface area contributed by atoms with Gasteiger partial charge >= 0.3 is 12.1 Å². The number of nitrogens with zero attached hydrogens (tertiary/aromatic N) is 2. The number of hydrogen-bond acceptors (Lipinski definition) is 6. The zero-order valence-corrected chi connectivity index (χ0v) is 18.3. The molecule has 0 unspecified atom stereocenters. The van der Waals surface area contributed by atoms with E-state index < -0.39 is 17.7 Å². The average molecular weight is 418 g/mol. The third kappa shape index (κ3) is 6.88. The van der Waals surface area contributed by atoms with E-state index in [1.54, 1.807) is 45.5 Å². The lowest BCUT2D eigenvalue weighted by atomic mass is 10.0. The number of benzene rings is 1. The summed E-state index contributed by atoms with van der Waals surface area (Å²) in [7, 11) is 1.75. The van der Waals surface area contributed by atoms with Gasteiger partial charge < -0.3 is 24.5 Å². The molecule has 2 aromatic rings. The van der Waals surface area contributed by atoms with E-state index in [0.717, 1.165) is 11.1 Å². The number of carbonyl (C=O) groups excluding carboxylic acids is 2. The first kappa shape index (κ1) is 23.4. The minimum Gasteiger partial charge on any atom is -0.460 e. The van der Waals surface area contributed by atoms with E-state index >= 15 is 0 Å². The summed E-state index contributed by atoms with van der Waals surface area (Å²) in [6.45, 7) is 7.42. The number of aliphatic hydroxyl groups is 1.